The maximum atomic E-state index is 12.5. The molecule has 1 saturated heterocycles. The lowest BCUT2D eigenvalue weighted by molar-refractivity contribution is 0.276. The van der Waals surface area contributed by atoms with Gasteiger partial charge < -0.3 is 4.42 Å². The summed E-state index contributed by atoms with van der Waals surface area (Å²) >= 11 is 0. The second-order valence-corrected chi connectivity index (χ2v) is 7.84. The Balaban J connectivity index is 1.76. The van der Waals surface area contributed by atoms with Crippen molar-refractivity contribution in [3.8, 4) is 0 Å². The first-order chi connectivity index (χ1) is 10.5. The molecule has 0 bridgehead atoms. The molecule has 0 spiro atoms. The summed E-state index contributed by atoms with van der Waals surface area (Å²) in [6.07, 6.45) is 2.01. The predicted molar refractivity (Wildman–Crippen MR) is 86.7 cm³/mol. The molecule has 1 N–H and O–H groups in total. The quantitative estimate of drug-likeness (QED) is 0.941. The number of hydrogen-bond acceptors (Lipinski definition) is 3. The highest BCUT2D eigenvalue weighted by molar-refractivity contribution is 7.87. The molecule has 0 saturated carbocycles. The molecule has 0 aliphatic carbocycles. The van der Waals surface area contributed by atoms with Crippen LogP contribution in [0.1, 0.15) is 38.5 Å². The first-order valence-electron chi connectivity index (χ1n) is 7.71. The molecule has 6 heteroatoms. The van der Waals surface area contributed by atoms with Gasteiger partial charge in [-0.15, -0.1) is 0 Å². The summed E-state index contributed by atoms with van der Waals surface area (Å²) in [5, 5.41) is 0.982. The number of nitrogens with zero attached hydrogens (tertiary/aromatic N) is 1. The summed E-state index contributed by atoms with van der Waals surface area (Å²) in [5.74, 6) is 1.04. The van der Waals surface area contributed by atoms with Gasteiger partial charge >= 0.3 is 0 Å². The van der Waals surface area contributed by atoms with Gasteiger partial charge in [0.1, 0.15) is 11.3 Å². The molecule has 0 amide bonds. The SMILES string of the molecule is CC1CCCN(S(=O)(=O)NC(C)c2cc3ccccc3o2)C1. The van der Waals surface area contributed by atoms with Crippen LogP contribution in [0.4, 0.5) is 0 Å². The fraction of sp³-hybridized carbons (Fsp3) is 0.500. The average molecular weight is 322 g/mol. The van der Waals surface area contributed by atoms with Gasteiger partial charge in [-0.2, -0.15) is 17.4 Å². The van der Waals surface area contributed by atoms with Gasteiger partial charge in [-0.3, -0.25) is 0 Å². The van der Waals surface area contributed by atoms with E-state index in [1.165, 1.54) is 0 Å². The van der Waals surface area contributed by atoms with E-state index < -0.39 is 16.3 Å². The number of piperidine rings is 1. The van der Waals surface area contributed by atoms with Gasteiger partial charge in [-0.25, -0.2) is 0 Å². The maximum Gasteiger partial charge on any atom is 0.280 e. The van der Waals surface area contributed by atoms with Crippen LogP contribution < -0.4 is 4.72 Å². The highest BCUT2D eigenvalue weighted by Gasteiger charge is 2.29. The Hall–Kier alpha value is -1.37. The van der Waals surface area contributed by atoms with Crippen LogP contribution >= 0.6 is 0 Å². The zero-order valence-electron chi connectivity index (χ0n) is 13.0. The van der Waals surface area contributed by atoms with Gasteiger partial charge in [0.05, 0.1) is 6.04 Å². The van der Waals surface area contributed by atoms with Crippen LogP contribution in [-0.2, 0) is 10.2 Å². The van der Waals surface area contributed by atoms with Crippen LogP contribution in [0.5, 0.6) is 0 Å². The number of fused-ring (bicyclic) bond motifs is 1. The Labute approximate surface area is 131 Å². The van der Waals surface area contributed by atoms with Gasteiger partial charge in [0.2, 0.25) is 0 Å². The van der Waals surface area contributed by atoms with Crippen molar-refractivity contribution in [3.05, 3.63) is 36.1 Å². The molecule has 1 aromatic heterocycles. The van der Waals surface area contributed by atoms with E-state index in [0.29, 0.717) is 24.8 Å². The number of furan rings is 1. The van der Waals surface area contributed by atoms with Crippen LogP contribution in [0.25, 0.3) is 11.0 Å². The summed E-state index contributed by atoms with van der Waals surface area (Å²) < 4.78 is 35.0. The molecule has 3 rings (SSSR count). The van der Waals surface area contributed by atoms with E-state index in [1.807, 2.05) is 37.3 Å². The van der Waals surface area contributed by atoms with E-state index in [4.69, 9.17) is 4.42 Å². The largest absolute Gasteiger partial charge is 0.459 e. The maximum absolute atomic E-state index is 12.5. The smallest absolute Gasteiger partial charge is 0.280 e. The van der Waals surface area contributed by atoms with Gasteiger partial charge in [0, 0.05) is 18.5 Å². The van der Waals surface area contributed by atoms with Crippen LogP contribution in [0, 0.1) is 5.92 Å². The number of nitrogens with one attached hydrogen (secondary N) is 1. The summed E-state index contributed by atoms with van der Waals surface area (Å²) in [4.78, 5) is 0. The Morgan fingerprint density at radius 3 is 2.86 bits per heavy atom. The second-order valence-electron chi connectivity index (χ2n) is 6.14. The molecule has 2 aromatic rings. The molecule has 1 aromatic carbocycles. The second kappa shape index (κ2) is 6.02. The fourth-order valence-electron chi connectivity index (χ4n) is 2.94. The van der Waals surface area contributed by atoms with Gasteiger partial charge in [-0.05, 0) is 37.8 Å². The summed E-state index contributed by atoms with van der Waals surface area (Å²) in [7, 11) is -3.48. The molecule has 5 nitrogen and oxygen atoms in total. The molecule has 2 unspecified atom stereocenters. The lowest BCUT2D eigenvalue weighted by atomic mass is 10.0. The third-order valence-corrected chi connectivity index (χ3v) is 5.82. The van der Waals surface area contributed by atoms with E-state index >= 15 is 0 Å². The number of hydrogen-bond donors (Lipinski definition) is 1. The summed E-state index contributed by atoms with van der Waals surface area (Å²) in [6.45, 7) is 5.07. The average Bonchev–Trinajstić information content (AvgIpc) is 2.91. The summed E-state index contributed by atoms with van der Waals surface area (Å²) in [6, 6.07) is 9.17. The molecule has 2 heterocycles. The third-order valence-electron chi connectivity index (χ3n) is 4.16. The number of rotatable bonds is 4. The Bertz CT molecular complexity index is 721. The van der Waals surface area contributed by atoms with E-state index in [-0.39, 0.29) is 0 Å². The first kappa shape index (κ1) is 15.5. The molecule has 0 radical (unpaired) electrons. The minimum absolute atomic E-state index is 0.394. The van der Waals surface area contributed by atoms with E-state index in [2.05, 4.69) is 11.6 Å². The van der Waals surface area contributed by atoms with Crippen molar-refractivity contribution in [2.24, 2.45) is 5.92 Å². The molecule has 22 heavy (non-hydrogen) atoms. The van der Waals surface area contributed by atoms with Crippen molar-refractivity contribution in [1.82, 2.24) is 9.03 Å². The van der Waals surface area contributed by atoms with Crippen LogP contribution in [0.15, 0.2) is 34.7 Å². The van der Waals surface area contributed by atoms with Crippen molar-refractivity contribution >= 4 is 21.2 Å². The van der Waals surface area contributed by atoms with E-state index in [0.717, 1.165) is 23.8 Å². The van der Waals surface area contributed by atoms with Crippen molar-refractivity contribution in [1.29, 1.82) is 0 Å². The normalized spacial score (nSPS) is 22.0. The van der Waals surface area contributed by atoms with Gasteiger partial charge in [0.15, 0.2) is 0 Å². The molecule has 1 aliphatic heterocycles. The van der Waals surface area contributed by atoms with Crippen molar-refractivity contribution < 1.29 is 12.8 Å². The van der Waals surface area contributed by atoms with Crippen molar-refractivity contribution in [2.45, 2.75) is 32.7 Å². The molecular formula is C16H22N2O3S. The van der Waals surface area contributed by atoms with E-state index in [1.54, 1.807) is 4.31 Å². The summed E-state index contributed by atoms with van der Waals surface area (Å²) in [5.41, 5.74) is 0.773. The minimum atomic E-state index is -3.48. The number of para-hydroxylation sites is 1. The molecule has 2 atom stereocenters. The number of benzene rings is 1. The van der Waals surface area contributed by atoms with Crippen LogP contribution in [0.2, 0.25) is 0 Å². The van der Waals surface area contributed by atoms with Crippen LogP contribution in [-0.4, -0.2) is 25.8 Å². The molecular weight excluding hydrogens is 300 g/mol. The monoisotopic (exact) mass is 322 g/mol. The standard InChI is InChI=1S/C16H22N2O3S/c1-12-6-5-9-18(11-12)22(19,20)17-13(2)16-10-14-7-3-4-8-15(14)21-16/h3-4,7-8,10,12-13,17H,5-6,9,11H2,1-2H3. The Kier molecular flexibility index (Phi) is 4.25. The third kappa shape index (κ3) is 3.19. The highest BCUT2D eigenvalue weighted by atomic mass is 32.2. The molecule has 1 aliphatic rings. The lowest BCUT2D eigenvalue weighted by Gasteiger charge is -2.30. The fourth-order valence-corrected chi connectivity index (χ4v) is 4.47. The van der Waals surface area contributed by atoms with Gasteiger partial charge in [-0.1, -0.05) is 25.1 Å². The topological polar surface area (TPSA) is 62.6 Å². The van der Waals surface area contributed by atoms with Crippen LogP contribution in [0.3, 0.4) is 0 Å². The lowest BCUT2D eigenvalue weighted by Crippen LogP contribution is -2.46. The Morgan fingerprint density at radius 1 is 1.36 bits per heavy atom. The highest BCUT2D eigenvalue weighted by Crippen LogP contribution is 2.25. The zero-order valence-corrected chi connectivity index (χ0v) is 13.8. The van der Waals surface area contributed by atoms with Crippen molar-refractivity contribution in [3.63, 3.8) is 0 Å². The first-order valence-corrected chi connectivity index (χ1v) is 9.15. The molecule has 120 valence electrons. The predicted octanol–water partition coefficient (Wildman–Crippen LogP) is 3.06. The van der Waals surface area contributed by atoms with Crippen molar-refractivity contribution in [2.75, 3.05) is 13.1 Å². The molecule has 1 fully saturated rings. The van der Waals surface area contributed by atoms with Gasteiger partial charge in [0.25, 0.3) is 10.2 Å². The Morgan fingerprint density at radius 2 is 2.14 bits per heavy atom. The van der Waals surface area contributed by atoms with E-state index in [9.17, 15) is 8.42 Å². The zero-order chi connectivity index (χ0) is 15.7. The minimum Gasteiger partial charge on any atom is -0.459 e.